The van der Waals surface area contributed by atoms with E-state index >= 15 is 0 Å². The summed E-state index contributed by atoms with van der Waals surface area (Å²) in [7, 11) is 1.35. The normalized spacial score (nSPS) is 20.0. The lowest BCUT2D eigenvalue weighted by Gasteiger charge is -2.40. The van der Waals surface area contributed by atoms with Crippen molar-refractivity contribution in [1.29, 1.82) is 0 Å². The Morgan fingerprint density at radius 3 is 2.71 bits per heavy atom. The minimum Gasteiger partial charge on any atom is -0.485 e. The average molecular weight is 487 g/mol. The molecule has 8 heteroatoms. The molecule has 1 saturated carbocycles. The highest BCUT2D eigenvalue weighted by Gasteiger charge is 2.34. The van der Waals surface area contributed by atoms with Gasteiger partial charge >= 0.3 is 11.9 Å². The van der Waals surface area contributed by atoms with E-state index in [-0.39, 0.29) is 11.7 Å². The van der Waals surface area contributed by atoms with Crippen molar-refractivity contribution in [2.24, 2.45) is 11.8 Å². The van der Waals surface area contributed by atoms with Crippen LogP contribution in [0.5, 0.6) is 5.75 Å². The number of ether oxygens (including phenoxy) is 3. The van der Waals surface area contributed by atoms with Crippen LogP contribution >= 0.6 is 11.6 Å². The Labute approximate surface area is 205 Å². The highest BCUT2D eigenvalue weighted by Crippen LogP contribution is 2.38. The third-order valence-electron chi connectivity index (χ3n) is 6.74. The van der Waals surface area contributed by atoms with Crippen molar-refractivity contribution in [3.8, 4) is 5.75 Å². The van der Waals surface area contributed by atoms with Crippen molar-refractivity contribution >= 4 is 29.4 Å². The third kappa shape index (κ3) is 5.81. The number of carbonyl (C=O) groups is 2. The lowest BCUT2D eigenvalue weighted by atomic mass is 9.74. The molecule has 2 heterocycles. The first-order chi connectivity index (χ1) is 16.4. The van der Waals surface area contributed by atoms with Crippen LogP contribution in [0.1, 0.15) is 54.2 Å². The van der Waals surface area contributed by atoms with Gasteiger partial charge in [0.25, 0.3) is 0 Å². The lowest BCUT2D eigenvalue weighted by molar-refractivity contribution is -0.144. The van der Waals surface area contributed by atoms with E-state index in [4.69, 9.17) is 25.8 Å². The molecule has 0 N–H and O–H groups in total. The van der Waals surface area contributed by atoms with E-state index in [9.17, 15) is 9.59 Å². The number of pyridine rings is 1. The SMILES string of the molecule is COC(=O)c1ccc2c(n1)N(C[C@@H]1CC[C@H]1COC(C)=O)CCCCc1cc(Cl)ccc1CO2. The highest BCUT2D eigenvalue weighted by atomic mass is 35.5. The van der Waals surface area contributed by atoms with Crippen molar-refractivity contribution in [1.82, 2.24) is 4.98 Å². The molecule has 2 aromatic rings. The van der Waals surface area contributed by atoms with E-state index < -0.39 is 5.97 Å². The van der Waals surface area contributed by atoms with E-state index in [1.807, 2.05) is 18.2 Å². The zero-order chi connectivity index (χ0) is 24.1. The van der Waals surface area contributed by atoms with E-state index in [2.05, 4.69) is 9.88 Å². The average Bonchev–Trinajstić information content (AvgIpc) is 2.84. The van der Waals surface area contributed by atoms with E-state index in [0.29, 0.717) is 36.6 Å². The van der Waals surface area contributed by atoms with Crippen LogP contribution in [0, 0.1) is 11.8 Å². The van der Waals surface area contributed by atoms with E-state index in [1.165, 1.54) is 19.6 Å². The Morgan fingerprint density at radius 2 is 1.97 bits per heavy atom. The molecule has 4 rings (SSSR count). The minimum atomic E-state index is -0.478. The summed E-state index contributed by atoms with van der Waals surface area (Å²) in [6.07, 6.45) is 4.98. The second-order valence-electron chi connectivity index (χ2n) is 9.01. The largest absolute Gasteiger partial charge is 0.485 e. The Hall–Kier alpha value is -2.80. The first-order valence-corrected chi connectivity index (χ1v) is 12.2. The predicted octanol–water partition coefficient (Wildman–Crippen LogP) is 4.83. The maximum absolute atomic E-state index is 12.2. The quantitative estimate of drug-likeness (QED) is 0.560. The van der Waals surface area contributed by atoms with Gasteiger partial charge in [0.2, 0.25) is 0 Å². The summed E-state index contributed by atoms with van der Waals surface area (Å²) in [6.45, 7) is 3.83. The van der Waals surface area contributed by atoms with Crippen molar-refractivity contribution in [2.45, 2.75) is 45.6 Å². The zero-order valence-electron chi connectivity index (χ0n) is 19.7. The summed E-state index contributed by atoms with van der Waals surface area (Å²) < 4.78 is 16.4. The van der Waals surface area contributed by atoms with Crippen LogP contribution < -0.4 is 9.64 Å². The van der Waals surface area contributed by atoms with Crippen LogP contribution in [0.15, 0.2) is 30.3 Å². The van der Waals surface area contributed by atoms with Crippen LogP contribution in [0.25, 0.3) is 0 Å². The third-order valence-corrected chi connectivity index (χ3v) is 6.97. The zero-order valence-corrected chi connectivity index (χ0v) is 20.5. The standard InChI is InChI=1S/C26H31ClN2O5/c1-17(30)33-15-21-7-6-19(21)14-29-12-4-3-5-18-13-22(27)9-8-20(18)16-34-24-11-10-23(26(31)32-2)28-25(24)29/h8-11,13,19,21H,3-7,12,14-16H2,1-2H3/t19-,21-/m0/s1. The van der Waals surface area contributed by atoms with Gasteiger partial charge in [-0.3, -0.25) is 4.79 Å². The topological polar surface area (TPSA) is 78.0 Å². The van der Waals surface area contributed by atoms with Crippen LogP contribution in [0.4, 0.5) is 5.82 Å². The fraction of sp³-hybridized carbons (Fsp3) is 0.500. The number of halogens is 1. The fourth-order valence-corrected chi connectivity index (χ4v) is 4.82. The number of fused-ring (bicyclic) bond motifs is 2. The molecule has 1 aliphatic carbocycles. The number of rotatable bonds is 5. The molecule has 1 fully saturated rings. The van der Waals surface area contributed by atoms with Gasteiger partial charge in [0, 0.05) is 25.0 Å². The molecule has 2 atom stereocenters. The number of esters is 2. The predicted molar refractivity (Wildman–Crippen MR) is 129 cm³/mol. The number of anilines is 1. The number of benzene rings is 1. The molecule has 0 radical (unpaired) electrons. The van der Waals surface area contributed by atoms with Crippen LogP contribution in [-0.4, -0.2) is 43.7 Å². The molecule has 182 valence electrons. The molecule has 34 heavy (non-hydrogen) atoms. The molecule has 7 nitrogen and oxygen atoms in total. The number of aromatic nitrogens is 1. The Morgan fingerprint density at radius 1 is 1.15 bits per heavy atom. The first-order valence-electron chi connectivity index (χ1n) is 11.8. The molecule has 0 bridgehead atoms. The fourth-order valence-electron chi connectivity index (χ4n) is 4.62. The molecular weight excluding hydrogens is 456 g/mol. The number of hydrogen-bond acceptors (Lipinski definition) is 7. The summed E-state index contributed by atoms with van der Waals surface area (Å²) in [6, 6.07) is 9.35. The molecule has 1 aromatic carbocycles. The van der Waals surface area contributed by atoms with Crippen LogP contribution in [-0.2, 0) is 27.3 Å². The van der Waals surface area contributed by atoms with Gasteiger partial charge in [-0.1, -0.05) is 17.7 Å². The summed E-state index contributed by atoms with van der Waals surface area (Å²) in [4.78, 5) is 30.4. The Kier molecular flexibility index (Phi) is 7.93. The van der Waals surface area contributed by atoms with Crippen molar-refractivity contribution in [2.75, 3.05) is 31.7 Å². The second kappa shape index (κ2) is 11.1. The molecule has 1 aliphatic heterocycles. The molecule has 0 amide bonds. The minimum absolute atomic E-state index is 0.247. The van der Waals surface area contributed by atoms with Crippen LogP contribution in [0.3, 0.4) is 0 Å². The smallest absolute Gasteiger partial charge is 0.356 e. The van der Waals surface area contributed by atoms with Gasteiger partial charge in [-0.2, -0.15) is 0 Å². The number of hydrogen-bond donors (Lipinski definition) is 0. The summed E-state index contributed by atoms with van der Waals surface area (Å²) in [5, 5.41) is 0.726. The number of methoxy groups -OCH3 is 1. The van der Waals surface area contributed by atoms with Gasteiger partial charge in [0.15, 0.2) is 17.3 Å². The highest BCUT2D eigenvalue weighted by molar-refractivity contribution is 6.30. The summed E-state index contributed by atoms with van der Waals surface area (Å²) >= 11 is 6.25. The van der Waals surface area contributed by atoms with Gasteiger partial charge < -0.3 is 19.1 Å². The molecule has 2 aliphatic rings. The number of carbonyl (C=O) groups excluding carboxylic acids is 2. The Balaban J connectivity index is 1.61. The van der Waals surface area contributed by atoms with Crippen LogP contribution in [0.2, 0.25) is 5.02 Å². The van der Waals surface area contributed by atoms with Gasteiger partial charge in [-0.05, 0) is 79.3 Å². The maximum Gasteiger partial charge on any atom is 0.356 e. The number of nitrogens with zero attached hydrogens (tertiary/aromatic N) is 2. The second-order valence-corrected chi connectivity index (χ2v) is 9.45. The maximum atomic E-state index is 12.2. The van der Waals surface area contributed by atoms with E-state index in [0.717, 1.165) is 55.8 Å². The van der Waals surface area contributed by atoms with Crippen molar-refractivity contribution in [3.05, 3.63) is 52.2 Å². The lowest BCUT2D eigenvalue weighted by Crippen LogP contribution is -2.41. The van der Waals surface area contributed by atoms with Gasteiger partial charge in [0.05, 0.1) is 13.7 Å². The van der Waals surface area contributed by atoms with Crippen molar-refractivity contribution < 1.29 is 23.8 Å². The van der Waals surface area contributed by atoms with E-state index in [1.54, 1.807) is 12.1 Å². The molecule has 0 saturated heterocycles. The monoisotopic (exact) mass is 486 g/mol. The molecule has 0 unspecified atom stereocenters. The molecular formula is C26H31ClN2O5. The van der Waals surface area contributed by atoms with Gasteiger partial charge in [-0.15, -0.1) is 0 Å². The molecule has 1 aromatic heterocycles. The Bertz CT molecular complexity index is 1040. The molecule has 0 spiro atoms. The van der Waals surface area contributed by atoms with Gasteiger partial charge in [0.1, 0.15) is 6.61 Å². The summed E-state index contributed by atoms with van der Waals surface area (Å²) in [5.41, 5.74) is 2.55. The van der Waals surface area contributed by atoms with Gasteiger partial charge in [-0.25, -0.2) is 9.78 Å². The van der Waals surface area contributed by atoms with Crippen molar-refractivity contribution in [3.63, 3.8) is 0 Å². The first kappa shape index (κ1) is 24.3. The summed E-state index contributed by atoms with van der Waals surface area (Å²) in [5.74, 6) is 1.28. The number of aryl methyl sites for hydroxylation is 1.